The van der Waals surface area contributed by atoms with Gasteiger partial charge in [0, 0.05) is 5.69 Å². The average Bonchev–Trinajstić information content (AvgIpc) is 2.09. The van der Waals surface area contributed by atoms with Crippen molar-refractivity contribution in [3.05, 3.63) is 28.0 Å². The second-order valence-electron chi connectivity index (χ2n) is 2.90. The minimum absolute atomic E-state index is 0.00190. The normalized spacial score (nSPS) is 9.93. The van der Waals surface area contributed by atoms with E-state index in [1.54, 1.807) is 6.07 Å². The summed E-state index contributed by atoms with van der Waals surface area (Å²) < 4.78 is 13.5. The Labute approximate surface area is 89.6 Å². The molecule has 0 bridgehead atoms. The van der Waals surface area contributed by atoms with Crippen LogP contribution in [-0.4, -0.2) is 12.5 Å². The van der Waals surface area contributed by atoms with Gasteiger partial charge < -0.3 is 11.1 Å². The fraction of sp³-hybridized carbons (Fsp3) is 0.222. The van der Waals surface area contributed by atoms with Crippen LogP contribution in [0.1, 0.15) is 5.56 Å². The maximum atomic E-state index is 13.1. The molecule has 3 nitrogen and oxygen atoms in total. The second kappa shape index (κ2) is 4.41. The van der Waals surface area contributed by atoms with Crippen LogP contribution in [0.25, 0.3) is 0 Å². The van der Waals surface area contributed by atoms with Crippen molar-refractivity contribution in [2.45, 2.75) is 6.92 Å². The Morgan fingerprint density at radius 1 is 1.64 bits per heavy atom. The fourth-order valence-corrected chi connectivity index (χ4v) is 1.48. The predicted molar refractivity (Wildman–Crippen MR) is 56.5 cm³/mol. The van der Waals surface area contributed by atoms with E-state index in [9.17, 15) is 9.18 Å². The molecule has 0 spiro atoms. The van der Waals surface area contributed by atoms with Gasteiger partial charge in [0.15, 0.2) is 0 Å². The summed E-state index contributed by atoms with van der Waals surface area (Å²) in [6, 6.07) is 2.96. The van der Waals surface area contributed by atoms with Gasteiger partial charge in [0.1, 0.15) is 5.82 Å². The molecule has 0 aliphatic heterocycles. The number of halogens is 2. The number of nitrogens with two attached hydrogens (primary N) is 1. The Hall–Kier alpha value is -1.10. The van der Waals surface area contributed by atoms with E-state index in [-0.39, 0.29) is 12.4 Å². The van der Waals surface area contributed by atoms with E-state index < -0.39 is 5.91 Å². The van der Waals surface area contributed by atoms with Crippen molar-refractivity contribution < 1.29 is 9.18 Å². The Morgan fingerprint density at radius 3 is 2.86 bits per heavy atom. The van der Waals surface area contributed by atoms with Crippen LogP contribution in [-0.2, 0) is 4.79 Å². The largest absolute Gasteiger partial charge is 0.376 e. The molecular formula is C9H10BrFN2O. The molecule has 0 fully saturated rings. The third-order valence-corrected chi connectivity index (χ3v) is 2.33. The first-order chi connectivity index (χ1) is 6.50. The van der Waals surface area contributed by atoms with Crippen molar-refractivity contribution in [2.24, 2.45) is 5.73 Å². The Morgan fingerprint density at radius 2 is 2.29 bits per heavy atom. The third-order valence-electron chi connectivity index (χ3n) is 1.72. The van der Waals surface area contributed by atoms with E-state index in [1.165, 1.54) is 6.07 Å². The van der Waals surface area contributed by atoms with E-state index >= 15 is 0 Å². The lowest BCUT2D eigenvalue weighted by Crippen LogP contribution is -2.22. The smallest absolute Gasteiger partial charge is 0.236 e. The monoisotopic (exact) mass is 260 g/mol. The van der Waals surface area contributed by atoms with Crippen LogP contribution in [0.5, 0.6) is 0 Å². The van der Waals surface area contributed by atoms with Gasteiger partial charge in [0.05, 0.1) is 11.0 Å². The Balaban J connectivity index is 2.87. The van der Waals surface area contributed by atoms with Crippen LogP contribution in [0.2, 0.25) is 0 Å². The molecule has 0 heterocycles. The van der Waals surface area contributed by atoms with Crippen LogP contribution in [0.15, 0.2) is 16.6 Å². The first-order valence-electron chi connectivity index (χ1n) is 3.98. The zero-order chi connectivity index (χ0) is 10.7. The van der Waals surface area contributed by atoms with Gasteiger partial charge in [0.25, 0.3) is 0 Å². The molecule has 3 N–H and O–H groups in total. The highest BCUT2D eigenvalue weighted by molar-refractivity contribution is 9.10. The van der Waals surface area contributed by atoms with Crippen molar-refractivity contribution in [3.63, 3.8) is 0 Å². The lowest BCUT2D eigenvalue weighted by molar-refractivity contribution is -0.116. The van der Waals surface area contributed by atoms with Gasteiger partial charge in [-0.25, -0.2) is 4.39 Å². The standard InChI is InChI=1S/C9H10BrFN2O/c1-5-2-6(10)7(11)3-8(5)13-4-9(12)14/h2-3,13H,4H2,1H3,(H2,12,14). The lowest BCUT2D eigenvalue weighted by Gasteiger charge is -2.08. The summed E-state index contributed by atoms with van der Waals surface area (Å²) in [4.78, 5) is 10.5. The van der Waals surface area contributed by atoms with E-state index in [2.05, 4.69) is 21.2 Å². The summed E-state index contributed by atoms with van der Waals surface area (Å²) >= 11 is 3.07. The molecule has 0 saturated heterocycles. The van der Waals surface area contributed by atoms with Crippen molar-refractivity contribution >= 4 is 27.5 Å². The van der Waals surface area contributed by atoms with E-state index in [0.29, 0.717) is 10.2 Å². The van der Waals surface area contributed by atoms with Crippen molar-refractivity contribution in [2.75, 3.05) is 11.9 Å². The molecule has 0 radical (unpaired) electrons. The Bertz CT molecular complexity index is 368. The number of benzene rings is 1. The van der Waals surface area contributed by atoms with E-state index in [4.69, 9.17) is 5.73 Å². The number of carbonyl (C=O) groups is 1. The molecule has 0 saturated carbocycles. The summed E-state index contributed by atoms with van der Waals surface area (Å²) in [5.74, 6) is -0.852. The van der Waals surface area contributed by atoms with E-state index in [1.807, 2.05) is 6.92 Å². The zero-order valence-electron chi connectivity index (χ0n) is 7.60. The molecule has 5 heteroatoms. The zero-order valence-corrected chi connectivity index (χ0v) is 9.19. The van der Waals surface area contributed by atoms with Crippen LogP contribution >= 0.6 is 15.9 Å². The molecule has 0 aromatic heterocycles. The predicted octanol–water partition coefficient (Wildman–Crippen LogP) is 1.79. The van der Waals surface area contributed by atoms with Crippen LogP contribution < -0.4 is 11.1 Å². The minimum Gasteiger partial charge on any atom is -0.376 e. The molecule has 76 valence electrons. The molecular weight excluding hydrogens is 251 g/mol. The van der Waals surface area contributed by atoms with Gasteiger partial charge in [-0.3, -0.25) is 4.79 Å². The summed E-state index contributed by atoms with van der Waals surface area (Å²) in [5.41, 5.74) is 6.37. The number of carbonyl (C=O) groups excluding carboxylic acids is 1. The van der Waals surface area contributed by atoms with Crippen molar-refractivity contribution in [3.8, 4) is 0 Å². The quantitative estimate of drug-likeness (QED) is 0.871. The van der Waals surface area contributed by atoms with Gasteiger partial charge in [-0.15, -0.1) is 0 Å². The minimum atomic E-state index is -0.479. The highest BCUT2D eigenvalue weighted by Gasteiger charge is 2.05. The van der Waals surface area contributed by atoms with Gasteiger partial charge in [-0.1, -0.05) is 0 Å². The van der Waals surface area contributed by atoms with Crippen LogP contribution in [0, 0.1) is 12.7 Å². The van der Waals surface area contributed by atoms with E-state index in [0.717, 1.165) is 5.56 Å². The second-order valence-corrected chi connectivity index (χ2v) is 3.76. The van der Waals surface area contributed by atoms with Gasteiger partial charge in [0.2, 0.25) is 5.91 Å². The molecule has 1 aromatic rings. The van der Waals surface area contributed by atoms with Gasteiger partial charge in [-0.05, 0) is 40.5 Å². The number of aryl methyl sites for hydroxylation is 1. The van der Waals surface area contributed by atoms with Crippen molar-refractivity contribution in [1.29, 1.82) is 0 Å². The lowest BCUT2D eigenvalue weighted by atomic mass is 10.2. The number of anilines is 1. The molecule has 1 aromatic carbocycles. The van der Waals surface area contributed by atoms with Crippen LogP contribution in [0.3, 0.4) is 0 Å². The fourth-order valence-electron chi connectivity index (χ4n) is 1.02. The van der Waals surface area contributed by atoms with Gasteiger partial charge in [-0.2, -0.15) is 0 Å². The summed E-state index contributed by atoms with van der Waals surface area (Å²) in [7, 11) is 0. The maximum Gasteiger partial charge on any atom is 0.236 e. The highest BCUT2D eigenvalue weighted by Crippen LogP contribution is 2.23. The van der Waals surface area contributed by atoms with Crippen LogP contribution in [0.4, 0.5) is 10.1 Å². The summed E-state index contributed by atoms with van der Waals surface area (Å²) in [5, 5.41) is 2.75. The highest BCUT2D eigenvalue weighted by atomic mass is 79.9. The molecule has 0 aliphatic carbocycles. The number of rotatable bonds is 3. The number of hydrogen-bond acceptors (Lipinski definition) is 2. The molecule has 1 amide bonds. The Kier molecular flexibility index (Phi) is 3.46. The molecule has 14 heavy (non-hydrogen) atoms. The maximum absolute atomic E-state index is 13.1. The number of nitrogens with one attached hydrogen (secondary N) is 1. The summed E-state index contributed by atoms with van der Waals surface area (Å²) in [6.07, 6.45) is 0. The van der Waals surface area contributed by atoms with Gasteiger partial charge >= 0.3 is 0 Å². The molecule has 0 aliphatic rings. The number of primary amides is 1. The number of amides is 1. The number of hydrogen-bond donors (Lipinski definition) is 2. The first-order valence-corrected chi connectivity index (χ1v) is 4.78. The summed E-state index contributed by atoms with van der Waals surface area (Å²) in [6.45, 7) is 1.81. The van der Waals surface area contributed by atoms with Crippen molar-refractivity contribution in [1.82, 2.24) is 0 Å². The topological polar surface area (TPSA) is 55.1 Å². The SMILES string of the molecule is Cc1cc(Br)c(F)cc1NCC(N)=O. The molecule has 0 unspecified atom stereocenters. The molecule has 1 rings (SSSR count). The third kappa shape index (κ3) is 2.70. The average molecular weight is 261 g/mol. The molecule has 0 atom stereocenters. The first kappa shape index (κ1) is 11.0.